The molecule has 8 nitrogen and oxygen atoms in total. The minimum atomic E-state index is -0.402. The smallest absolute Gasteiger partial charge is 0.269 e. The molecule has 4 rings (SSSR count). The van der Waals surface area contributed by atoms with Gasteiger partial charge in [-0.15, -0.1) is 0 Å². The number of aryl methyl sites for hydroxylation is 2. The van der Waals surface area contributed by atoms with Gasteiger partial charge < -0.3 is 9.80 Å². The fourth-order valence-corrected chi connectivity index (χ4v) is 4.47. The lowest BCUT2D eigenvalue weighted by atomic mass is 10.0. The van der Waals surface area contributed by atoms with Gasteiger partial charge >= 0.3 is 0 Å². The van der Waals surface area contributed by atoms with Gasteiger partial charge in [0.2, 0.25) is 11.8 Å². The zero-order valence-electron chi connectivity index (χ0n) is 18.3. The number of hydrogen-bond donors (Lipinski definition) is 0. The van der Waals surface area contributed by atoms with E-state index in [0.29, 0.717) is 39.1 Å². The molecule has 168 valence electrons. The summed E-state index contributed by atoms with van der Waals surface area (Å²) < 4.78 is 0. The van der Waals surface area contributed by atoms with Crippen molar-refractivity contribution in [2.45, 2.75) is 26.2 Å². The van der Waals surface area contributed by atoms with Crippen LogP contribution in [0.15, 0.2) is 42.5 Å². The Morgan fingerprint density at radius 2 is 1.75 bits per heavy atom. The van der Waals surface area contributed by atoms with Gasteiger partial charge in [-0.25, -0.2) is 0 Å². The third-order valence-electron chi connectivity index (χ3n) is 6.38. The number of carbonyl (C=O) groups excluding carboxylic acids is 2. The standard InChI is InChI=1S/C24H28N4O4/c1-18-5-2-3-6-19(18)16-23(29)26-13-11-25(12-14-26)17-24(30)27-10-4-7-20-15-21(28(31)32)8-9-22(20)27/h2-3,5-6,8-9,15H,4,7,10-14,16-17H2,1H3. The van der Waals surface area contributed by atoms with Crippen LogP contribution in [0.3, 0.4) is 0 Å². The molecule has 0 saturated carbocycles. The molecule has 0 unspecified atom stereocenters. The summed E-state index contributed by atoms with van der Waals surface area (Å²) in [5.41, 5.74) is 3.87. The highest BCUT2D eigenvalue weighted by Crippen LogP contribution is 2.30. The Morgan fingerprint density at radius 3 is 2.47 bits per heavy atom. The highest BCUT2D eigenvalue weighted by atomic mass is 16.6. The van der Waals surface area contributed by atoms with E-state index in [1.807, 2.05) is 36.1 Å². The van der Waals surface area contributed by atoms with E-state index in [4.69, 9.17) is 0 Å². The summed E-state index contributed by atoms with van der Waals surface area (Å²) in [5.74, 6) is 0.122. The largest absolute Gasteiger partial charge is 0.340 e. The average Bonchev–Trinajstić information content (AvgIpc) is 2.80. The third-order valence-corrected chi connectivity index (χ3v) is 6.38. The first-order chi connectivity index (χ1) is 15.4. The number of amides is 2. The van der Waals surface area contributed by atoms with Gasteiger partial charge in [-0.1, -0.05) is 24.3 Å². The highest BCUT2D eigenvalue weighted by molar-refractivity contribution is 5.96. The number of nitro groups is 1. The van der Waals surface area contributed by atoms with Gasteiger partial charge in [0.1, 0.15) is 0 Å². The van der Waals surface area contributed by atoms with E-state index in [2.05, 4.69) is 4.90 Å². The third kappa shape index (κ3) is 4.80. The van der Waals surface area contributed by atoms with Crippen molar-refractivity contribution in [1.82, 2.24) is 9.80 Å². The molecule has 2 aromatic carbocycles. The lowest BCUT2D eigenvalue weighted by molar-refractivity contribution is -0.384. The van der Waals surface area contributed by atoms with Crippen LogP contribution in [0, 0.1) is 17.0 Å². The summed E-state index contributed by atoms with van der Waals surface area (Å²) in [6, 6.07) is 12.7. The number of nitro benzene ring substituents is 1. The Kier molecular flexibility index (Phi) is 6.50. The normalized spacial score (nSPS) is 16.5. The van der Waals surface area contributed by atoms with Gasteiger partial charge in [0.25, 0.3) is 5.69 Å². The Hall–Kier alpha value is -3.26. The van der Waals surface area contributed by atoms with E-state index in [0.717, 1.165) is 35.2 Å². The Morgan fingerprint density at radius 1 is 1.00 bits per heavy atom. The van der Waals surface area contributed by atoms with Crippen LogP contribution in [0.2, 0.25) is 0 Å². The summed E-state index contributed by atoms with van der Waals surface area (Å²) in [4.78, 5) is 42.1. The van der Waals surface area contributed by atoms with Crippen LogP contribution in [0.1, 0.15) is 23.1 Å². The highest BCUT2D eigenvalue weighted by Gasteiger charge is 2.28. The van der Waals surface area contributed by atoms with E-state index < -0.39 is 4.92 Å². The number of carbonyl (C=O) groups is 2. The second-order valence-corrected chi connectivity index (χ2v) is 8.48. The maximum atomic E-state index is 13.0. The van der Waals surface area contributed by atoms with E-state index in [1.165, 1.54) is 6.07 Å². The number of hydrogen-bond acceptors (Lipinski definition) is 5. The maximum Gasteiger partial charge on any atom is 0.269 e. The molecule has 0 spiro atoms. The fourth-order valence-electron chi connectivity index (χ4n) is 4.47. The molecule has 0 aromatic heterocycles. The number of benzene rings is 2. The SMILES string of the molecule is Cc1ccccc1CC(=O)N1CCN(CC(=O)N2CCCc3cc([N+](=O)[O-])ccc32)CC1. The van der Waals surface area contributed by atoms with Crippen molar-refractivity contribution in [3.05, 3.63) is 69.3 Å². The second-order valence-electron chi connectivity index (χ2n) is 8.48. The van der Waals surface area contributed by atoms with Gasteiger partial charge in [0.05, 0.1) is 17.9 Å². The number of nitrogens with zero attached hydrogens (tertiary/aromatic N) is 4. The molecule has 2 aromatic rings. The van der Waals surface area contributed by atoms with Crippen LogP contribution in [-0.4, -0.2) is 65.8 Å². The van der Waals surface area contributed by atoms with E-state index in [1.54, 1.807) is 17.0 Å². The van der Waals surface area contributed by atoms with Crippen LogP contribution in [-0.2, 0) is 22.4 Å². The molecule has 1 fully saturated rings. The Labute approximate surface area is 187 Å². The zero-order valence-corrected chi connectivity index (χ0v) is 18.3. The molecule has 0 N–H and O–H groups in total. The molecule has 0 aliphatic carbocycles. The van der Waals surface area contributed by atoms with Crippen molar-refractivity contribution in [2.75, 3.05) is 44.2 Å². The van der Waals surface area contributed by atoms with Crippen molar-refractivity contribution in [2.24, 2.45) is 0 Å². The molecule has 2 heterocycles. The summed E-state index contributed by atoms with van der Waals surface area (Å²) in [5, 5.41) is 11.0. The first-order valence-corrected chi connectivity index (χ1v) is 11.0. The van der Waals surface area contributed by atoms with Crippen LogP contribution in [0.5, 0.6) is 0 Å². The van der Waals surface area contributed by atoms with Gasteiger partial charge in [0.15, 0.2) is 0 Å². The second kappa shape index (κ2) is 9.48. The van der Waals surface area contributed by atoms with E-state index in [-0.39, 0.29) is 24.0 Å². The van der Waals surface area contributed by atoms with Gasteiger partial charge in [0, 0.05) is 50.5 Å². The summed E-state index contributed by atoms with van der Waals surface area (Å²) in [6.07, 6.45) is 1.94. The number of piperazine rings is 1. The topological polar surface area (TPSA) is 87.0 Å². The molecular weight excluding hydrogens is 408 g/mol. The summed E-state index contributed by atoms with van der Waals surface area (Å²) in [7, 11) is 0. The van der Waals surface area contributed by atoms with Crippen molar-refractivity contribution < 1.29 is 14.5 Å². The zero-order chi connectivity index (χ0) is 22.7. The van der Waals surface area contributed by atoms with Crippen LogP contribution in [0.4, 0.5) is 11.4 Å². The monoisotopic (exact) mass is 436 g/mol. The quantitative estimate of drug-likeness (QED) is 0.531. The number of non-ortho nitro benzene ring substituents is 1. The van der Waals surface area contributed by atoms with Crippen molar-refractivity contribution >= 4 is 23.2 Å². The van der Waals surface area contributed by atoms with E-state index >= 15 is 0 Å². The molecule has 0 radical (unpaired) electrons. The molecule has 2 amide bonds. The average molecular weight is 437 g/mol. The molecule has 0 atom stereocenters. The van der Waals surface area contributed by atoms with Crippen molar-refractivity contribution in [3.8, 4) is 0 Å². The van der Waals surface area contributed by atoms with Gasteiger partial charge in [-0.05, 0) is 42.5 Å². The van der Waals surface area contributed by atoms with Crippen LogP contribution >= 0.6 is 0 Å². The predicted molar refractivity (Wildman–Crippen MR) is 122 cm³/mol. The molecule has 1 saturated heterocycles. The minimum absolute atomic E-state index is 0.000472. The molecule has 0 bridgehead atoms. The Balaban J connectivity index is 1.32. The lowest BCUT2D eigenvalue weighted by Crippen LogP contribution is -2.52. The molecule has 8 heteroatoms. The summed E-state index contributed by atoms with van der Waals surface area (Å²) in [6.45, 7) is 5.47. The summed E-state index contributed by atoms with van der Waals surface area (Å²) >= 11 is 0. The van der Waals surface area contributed by atoms with E-state index in [9.17, 15) is 19.7 Å². The van der Waals surface area contributed by atoms with Crippen LogP contribution < -0.4 is 4.90 Å². The molecule has 32 heavy (non-hydrogen) atoms. The molecule has 2 aliphatic heterocycles. The van der Waals surface area contributed by atoms with Crippen molar-refractivity contribution in [3.63, 3.8) is 0 Å². The number of anilines is 1. The fraction of sp³-hybridized carbons (Fsp3) is 0.417. The van der Waals surface area contributed by atoms with Gasteiger partial charge in [-0.3, -0.25) is 24.6 Å². The molecular formula is C24H28N4O4. The first-order valence-electron chi connectivity index (χ1n) is 11.0. The number of fused-ring (bicyclic) bond motifs is 1. The predicted octanol–water partition coefficient (Wildman–Crippen LogP) is 2.57. The first kappa shape index (κ1) is 22.0. The minimum Gasteiger partial charge on any atom is -0.340 e. The lowest BCUT2D eigenvalue weighted by Gasteiger charge is -2.36. The van der Waals surface area contributed by atoms with Crippen molar-refractivity contribution in [1.29, 1.82) is 0 Å². The number of rotatable bonds is 5. The van der Waals surface area contributed by atoms with Gasteiger partial charge in [-0.2, -0.15) is 0 Å². The van der Waals surface area contributed by atoms with Crippen LogP contribution in [0.25, 0.3) is 0 Å². The maximum absolute atomic E-state index is 13.0. The Bertz CT molecular complexity index is 1030. The molecule has 2 aliphatic rings.